The van der Waals surface area contributed by atoms with Crippen LogP contribution in [-0.2, 0) is 6.18 Å². The number of halogens is 4. The lowest BCUT2D eigenvalue weighted by Crippen LogP contribution is -2.12. The van der Waals surface area contributed by atoms with E-state index in [1.165, 1.54) is 18.2 Å². The Bertz CT molecular complexity index is 1020. The molecule has 4 nitrogen and oxygen atoms in total. The maximum absolute atomic E-state index is 13.5. The molecule has 0 bridgehead atoms. The highest BCUT2D eigenvalue weighted by molar-refractivity contribution is 5.92. The van der Waals surface area contributed by atoms with E-state index >= 15 is 0 Å². The SMILES string of the molecule is O=C(Oc1ccc2c(C(F)(F)F)cc(=O)oc2c1)c1ccccc1F. The molecule has 1 aromatic heterocycles. The smallest absolute Gasteiger partial charge is 0.417 e. The van der Waals surface area contributed by atoms with Crippen LogP contribution in [0.1, 0.15) is 15.9 Å². The van der Waals surface area contributed by atoms with Crippen molar-refractivity contribution in [3.05, 3.63) is 75.9 Å². The van der Waals surface area contributed by atoms with Gasteiger partial charge in [-0.3, -0.25) is 0 Å². The van der Waals surface area contributed by atoms with Crippen molar-refractivity contribution in [3.8, 4) is 5.75 Å². The van der Waals surface area contributed by atoms with Gasteiger partial charge in [-0.1, -0.05) is 12.1 Å². The van der Waals surface area contributed by atoms with Crippen LogP contribution in [0.15, 0.2) is 57.7 Å². The highest BCUT2D eigenvalue weighted by Gasteiger charge is 2.34. The number of rotatable bonds is 2. The third kappa shape index (κ3) is 3.37. The standard InChI is InChI=1S/C17H8F4O4/c18-13-4-2-1-3-11(13)16(23)24-9-5-6-10-12(17(19,20)21)8-15(22)25-14(10)7-9/h1-8H. The lowest BCUT2D eigenvalue weighted by molar-refractivity contribution is -0.136. The average Bonchev–Trinajstić information content (AvgIpc) is 2.53. The van der Waals surface area contributed by atoms with Crippen molar-refractivity contribution < 1.29 is 31.5 Å². The van der Waals surface area contributed by atoms with E-state index in [0.29, 0.717) is 6.07 Å². The van der Waals surface area contributed by atoms with Crippen LogP contribution in [-0.4, -0.2) is 5.97 Å². The molecule has 0 N–H and O–H groups in total. The van der Waals surface area contributed by atoms with Gasteiger partial charge in [0.1, 0.15) is 17.1 Å². The Morgan fingerprint density at radius 3 is 2.44 bits per heavy atom. The van der Waals surface area contributed by atoms with E-state index in [1.807, 2.05) is 0 Å². The molecule has 0 fully saturated rings. The molecule has 1 heterocycles. The zero-order valence-electron chi connectivity index (χ0n) is 12.3. The van der Waals surface area contributed by atoms with Gasteiger partial charge < -0.3 is 9.15 Å². The summed E-state index contributed by atoms with van der Waals surface area (Å²) in [5, 5.41) is -0.363. The van der Waals surface area contributed by atoms with Gasteiger partial charge in [-0.15, -0.1) is 0 Å². The van der Waals surface area contributed by atoms with Crippen molar-refractivity contribution in [2.45, 2.75) is 6.18 Å². The fourth-order valence-electron chi connectivity index (χ4n) is 2.23. The molecule has 0 spiro atoms. The van der Waals surface area contributed by atoms with Gasteiger partial charge in [-0.2, -0.15) is 13.2 Å². The third-order valence-electron chi connectivity index (χ3n) is 3.33. The van der Waals surface area contributed by atoms with Crippen molar-refractivity contribution in [3.63, 3.8) is 0 Å². The lowest BCUT2D eigenvalue weighted by Gasteiger charge is -2.10. The van der Waals surface area contributed by atoms with E-state index in [1.54, 1.807) is 0 Å². The second-order valence-corrected chi connectivity index (χ2v) is 5.00. The van der Waals surface area contributed by atoms with Gasteiger partial charge in [-0.05, 0) is 24.3 Å². The normalized spacial score (nSPS) is 11.5. The van der Waals surface area contributed by atoms with Gasteiger partial charge in [0.2, 0.25) is 0 Å². The lowest BCUT2D eigenvalue weighted by atomic mass is 10.1. The molecule has 3 rings (SSSR count). The van der Waals surface area contributed by atoms with Crippen molar-refractivity contribution >= 4 is 16.9 Å². The van der Waals surface area contributed by atoms with Gasteiger partial charge in [0, 0.05) is 17.5 Å². The minimum atomic E-state index is -4.75. The fraction of sp³-hybridized carbons (Fsp3) is 0.0588. The maximum atomic E-state index is 13.5. The monoisotopic (exact) mass is 352 g/mol. The number of hydrogen-bond donors (Lipinski definition) is 0. The Balaban J connectivity index is 2.01. The highest BCUT2D eigenvalue weighted by Crippen LogP contribution is 2.34. The summed E-state index contributed by atoms with van der Waals surface area (Å²) < 4.78 is 62.1. The molecule has 0 aliphatic carbocycles. The largest absolute Gasteiger partial charge is 0.423 e. The van der Waals surface area contributed by atoms with Crippen molar-refractivity contribution in [2.75, 3.05) is 0 Å². The fourth-order valence-corrected chi connectivity index (χ4v) is 2.23. The van der Waals surface area contributed by atoms with Crippen LogP contribution in [0, 0.1) is 5.82 Å². The number of hydrogen-bond acceptors (Lipinski definition) is 4. The van der Waals surface area contributed by atoms with E-state index < -0.39 is 34.7 Å². The molecule has 0 saturated heterocycles. The topological polar surface area (TPSA) is 56.5 Å². The molecule has 0 atom stereocenters. The molecule has 0 amide bonds. The molecule has 0 aliphatic rings. The summed E-state index contributed by atoms with van der Waals surface area (Å²) in [6.45, 7) is 0. The van der Waals surface area contributed by atoms with Gasteiger partial charge >= 0.3 is 17.8 Å². The Kier molecular flexibility index (Phi) is 4.03. The Morgan fingerprint density at radius 2 is 1.76 bits per heavy atom. The maximum Gasteiger partial charge on any atom is 0.417 e. The average molecular weight is 352 g/mol. The summed E-state index contributed by atoms with van der Waals surface area (Å²) in [7, 11) is 0. The number of benzene rings is 2. The van der Waals surface area contributed by atoms with E-state index in [4.69, 9.17) is 9.15 Å². The molecule has 25 heavy (non-hydrogen) atoms. The first-order valence-corrected chi connectivity index (χ1v) is 6.87. The van der Waals surface area contributed by atoms with Crippen molar-refractivity contribution in [2.24, 2.45) is 0 Å². The van der Waals surface area contributed by atoms with Crippen LogP contribution in [0.5, 0.6) is 5.75 Å². The van der Waals surface area contributed by atoms with Crippen LogP contribution in [0.25, 0.3) is 11.0 Å². The van der Waals surface area contributed by atoms with Gasteiger partial charge in [0.25, 0.3) is 0 Å². The molecule has 128 valence electrons. The molecule has 0 unspecified atom stereocenters. The molecular weight excluding hydrogens is 344 g/mol. The zero-order valence-corrected chi connectivity index (χ0v) is 12.3. The Morgan fingerprint density at radius 1 is 1.04 bits per heavy atom. The number of carbonyl (C=O) groups is 1. The van der Waals surface area contributed by atoms with Crippen LogP contribution < -0.4 is 10.4 Å². The summed E-state index contributed by atoms with van der Waals surface area (Å²) >= 11 is 0. The quantitative estimate of drug-likeness (QED) is 0.301. The second kappa shape index (κ2) is 6.04. The molecule has 8 heteroatoms. The first-order valence-electron chi connectivity index (χ1n) is 6.87. The second-order valence-electron chi connectivity index (χ2n) is 5.00. The Labute approximate surface area is 137 Å². The predicted octanol–water partition coefficient (Wildman–Crippen LogP) is 4.17. The summed E-state index contributed by atoms with van der Waals surface area (Å²) in [4.78, 5) is 23.3. The zero-order chi connectivity index (χ0) is 18.2. The summed E-state index contributed by atoms with van der Waals surface area (Å²) in [6.07, 6.45) is -4.75. The molecule has 0 aliphatic heterocycles. The minimum absolute atomic E-state index is 0.191. The first kappa shape index (κ1) is 16.7. The number of carbonyl (C=O) groups excluding carboxylic acids is 1. The molecule has 2 aromatic carbocycles. The van der Waals surface area contributed by atoms with E-state index in [0.717, 1.165) is 24.3 Å². The highest BCUT2D eigenvalue weighted by atomic mass is 19.4. The Hall–Kier alpha value is -3.16. The number of fused-ring (bicyclic) bond motifs is 1. The van der Waals surface area contributed by atoms with Crippen LogP contribution in [0.3, 0.4) is 0 Å². The van der Waals surface area contributed by atoms with Gasteiger partial charge in [0.15, 0.2) is 0 Å². The minimum Gasteiger partial charge on any atom is -0.423 e. The molecular formula is C17H8F4O4. The molecule has 0 radical (unpaired) electrons. The van der Waals surface area contributed by atoms with Gasteiger partial charge in [0.05, 0.1) is 11.1 Å². The molecule has 0 saturated carbocycles. The number of esters is 1. The van der Waals surface area contributed by atoms with Crippen LogP contribution in [0.4, 0.5) is 17.6 Å². The predicted molar refractivity (Wildman–Crippen MR) is 78.8 cm³/mol. The van der Waals surface area contributed by atoms with E-state index in [2.05, 4.69) is 0 Å². The first-order chi connectivity index (χ1) is 11.8. The van der Waals surface area contributed by atoms with E-state index in [9.17, 15) is 27.2 Å². The van der Waals surface area contributed by atoms with Crippen LogP contribution in [0.2, 0.25) is 0 Å². The van der Waals surface area contributed by atoms with Crippen LogP contribution >= 0.6 is 0 Å². The number of alkyl halides is 3. The van der Waals surface area contributed by atoms with E-state index in [-0.39, 0.29) is 16.7 Å². The third-order valence-corrected chi connectivity index (χ3v) is 3.33. The number of ether oxygens (including phenoxy) is 1. The van der Waals surface area contributed by atoms with Gasteiger partial charge in [-0.25, -0.2) is 14.0 Å². The summed E-state index contributed by atoms with van der Waals surface area (Å²) in [5.74, 6) is -2.03. The van der Waals surface area contributed by atoms with Crippen molar-refractivity contribution in [1.82, 2.24) is 0 Å². The molecule has 3 aromatic rings. The summed E-state index contributed by atoms with van der Waals surface area (Å²) in [5.41, 5.74) is -3.10. The van der Waals surface area contributed by atoms with Crippen molar-refractivity contribution in [1.29, 1.82) is 0 Å². The summed E-state index contributed by atoms with van der Waals surface area (Å²) in [6, 6.07) is 8.47.